The van der Waals surface area contributed by atoms with Gasteiger partial charge in [0.05, 0.1) is 25.9 Å². The van der Waals surface area contributed by atoms with Crippen molar-refractivity contribution >= 4 is 0 Å². The van der Waals surface area contributed by atoms with Gasteiger partial charge in [0.25, 0.3) is 0 Å². The van der Waals surface area contributed by atoms with E-state index in [9.17, 15) is 0 Å². The van der Waals surface area contributed by atoms with Crippen molar-refractivity contribution in [2.45, 2.75) is 128 Å². The van der Waals surface area contributed by atoms with E-state index in [0.29, 0.717) is 33.0 Å². The molecule has 1 unspecified atom stereocenters. The van der Waals surface area contributed by atoms with Crippen LogP contribution in [-0.4, -0.2) is 97.9 Å². The Balaban J connectivity index is 3.98. The van der Waals surface area contributed by atoms with Gasteiger partial charge in [-0.15, -0.1) is 0 Å². The molecule has 0 aliphatic rings. The minimum atomic E-state index is -0.696. The van der Waals surface area contributed by atoms with Gasteiger partial charge in [-0.2, -0.15) is 0 Å². The fourth-order valence-corrected chi connectivity index (χ4v) is 4.35. The van der Waals surface area contributed by atoms with Gasteiger partial charge in [-0.05, 0) is 40.3 Å². The summed E-state index contributed by atoms with van der Waals surface area (Å²) >= 11 is 0. The van der Waals surface area contributed by atoms with Gasteiger partial charge in [-0.25, -0.2) is 0 Å². The highest BCUT2D eigenvalue weighted by atomic mass is 16.7. The number of ether oxygens (including phenoxy) is 6. The zero-order valence-electron chi connectivity index (χ0n) is 26.9. The van der Waals surface area contributed by atoms with E-state index in [0.717, 1.165) is 39.0 Å². The molecule has 0 aromatic carbocycles. The van der Waals surface area contributed by atoms with Crippen LogP contribution in [-0.2, 0) is 28.4 Å². The van der Waals surface area contributed by atoms with Crippen LogP contribution in [0.15, 0.2) is 0 Å². The molecule has 0 heterocycles. The first-order chi connectivity index (χ1) is 19.0. The van der Waals surface area contributed by atoms with Crippen LogP contribution < -0.4 is 0 Å². The third-order valence-electron chi connectivity index (χ3n) is 7.28. The monoisotopic (exact) mass is 561 g/mol. The van der Waals surface area contributed by atoms with E-state index in [1.807, 2.05) is 21.0 Å². The number of methoxy groups -OCH3 is 2. The fourth-order valence-electron chi connectivity index (χ4n) is 4.35. The first-order valence-corrected chi connectivity index (χ1v) is 16.1. The van der Waals surface area contributed by atoms with Crippen LogP contribution in [0.3, 0.4) is 0 Å². The minimum Gasteiger partial charge on any atom is -0.379 e. The highest BCUT2D eigenvalue weighted by Crippen LogP contribution is 2.16. The van der Waals surface area contributed by atoms with Gasteiger partial charge in [0.1, 0.15) is 6.61 Å². The topological polar surface area (TPSA) is 58.6 Å². The maximum Gasteiger partial charge on any atom is 0.188 e. The molecule has 0 fully saturated rings. The predicted octanol–water partition coefficient (Wildman–Crippen LogP) is 7.25. The highest BCUT2D eigenvalue weighted by molar-refractivity contribution is 4.63. The third kappa shape index (κ3) is 27.7. The van der Waals surface area contributed by atoms with Crippen molar-refractivity contribution in [2.75, 3.05) is 81.1 Å². The number of hydrogen-bond acceptors (Lipinski definition) is 7. The summed E-state index contributed by atoms with van der Waals surface area (Å²) in [5.74, 6) is -0.696. The Morgan fingerprint density at radius 1 is 0.564 bits per heavy atom. The van der Waals surface area contributed by atoms with Crippen LogP contribution in [0.1, 0.15) is 117 Å². The van der Waals surface area contributed by atoms with Crippen molar-refractivity contribution in [1.82, 2.24) is 4.90 Å². The molecule has 0 aromatic heterocycles. The van der Waals surface area contributed by atoms with Crippen molar-refractivity contribution in [2.24, 2.45) is 0 Å². The van der Waals surface area contributed by atoms with Gasteiger partial charge in [0.2, 0.25) is 0 Å². The first kappa shape index (κ1) is 38.7. The molecule has 0 aliphatic carbocycles. The van der Waals surface area contributed by atoms with Gasteiger partial charge in [-0.3, -0.25) is 0 Å². The molecule has 0 spiro atoms. The second kappa shape index (κ2) is 29.2. The molecule has 7 heteroatoms. The van der Waals surface area contributed by atoms with Crippen molar-refractivity contribution in [3.63, 3.8) is 0 Å². The molecule has 236 valence electrons. The molecular weight excluding hydrogens is 494 g/mol. The van der Waals surface area contributed by atoms with E-state index in [-0.39, 0.29) is 6.10 Å². The lowest BCUT2D eigenvalue weighted by atomic mass is 10.0. The minimum absolute atomic E-state index is 0.225. The van der Waals surface area contributed by atoms with E-state index in [1.165, 1.54) is 83.5 Å². The Labute approximate surface area is 242 Å². The first-order valence-electron chi connectivity index (χ1n) is 16.1. The summed E-state index contributed by atoms with van der Waals surface area (Å²) in [6.07, 6.45) is 21.0. The van der Waals surface area contributed by atoms with E-state index >= 15 is 0 Å². The van der Waals surface area contributed by atoms with Crippen LogP contribution in [0.5, 0.6) is 0 Å². The maximum atomic E-state index is 6.25. The molecule has 0 amide bonds. The van der Waals surface area contributed by atoms with Crippen molar-refractivity contribution < 1.29 is 28.4 Å². The Morgan fingerprint density at radius 3 is 1.64 bits per heavy atom. The number of nitrogens with zero attached hydrogens (tertiary/aromatic N) is 1. The Kier molecular flexibility index (Phi) is 29.0. The van der Waals surface area contributed by atoms with Crippen LogP contribution in [0.25, 0.3) is 0 Å². The summed E-state index contributed by atoms with van der Waals surface area (Å²) in [5, 5.41) is 0. The van der Waals surface area contributed by atoms with Crippen LogP contribution >= 0.6 is 0 Å². The fraction of sp³-hybridized carbons (Fsp3) is 1.00. The lowest BCUT2D eigenvalue weighted by Gasteiger charge is -2.26. The second-order valence-electron chi connectivity index (χ2n) is 11.3. The van der Waals surface area contributed by atoms with Crippen LogP contribution in [0.2, 0.25) is 0 Å². The van der Waals surface area contributed by atoms with E-state index in [2.05, 4.69) is 11.8 Å². The van der Waals surface area contributed by atoms with Crippen molar-refractivity contribution in [3.8, 4) is 0 Å². The smallest absolute Gasteiger partial charge is 0.188 e. The van der Waals surface area contributed by atoms with Gasteiger partial charge in [-0.1, -0.05) is 90.4 Å². The lowest BCUT2D eigenvalue weighted by Crippen LogP contribution is -2.35. The standard InChI is InChI=1S/C32H67NO6/c1-7-8-9-10-11-12-13-14-15-16-17-18-19-21-31(22-26-38-30-32(2,34-5)35-6)39-25-20-24-36-28-29-37-27-23-33(3)4/h31H,7-30H2,1-6H3. The van der Waals surface area contributed by atoms with Crippen LogP contribution in [0.4, 0.5) is 0 Å². The third-order valence-corrected chi connectivity index (χ3v) is 7.28. The number of hydrogen-bond donors (Lipinski definition) is 0. The van der Waals surface area contributed by atoms with Crippen LogP contribution in [0, 0.1) is 0 Å². The van der Waals surface area contributed by atoms with E-state index in [4.69, 9.17) is 28.4 Å². The summed E-state index contributed by atoms with van der Waals surface area (Å²) < 4.78 is 34.1. The Morgan fingerprint density at radius 2 is 1.10 bits per heavy atom. The van der Waals surface area contributed by atoms with Gasteiger partial charge in [0.15, 0.2) is 5.79 Å². The molecule has 0 N–H and O–H groups in total. The molecule has 0 aromatic rings. The van der Waals surface area contributed by atoms with E-state index in [1.54, 1.807) is 14.2 Å². The molecule has 39 heavy (non-hydrogen) atoms. The van der Waals surface area contributed by atoms with Crippen molar-refractivity contribution in [3.05, 3.63) is 0 Å². The summed E-state index contributed by atoms with van der Waals surface area (Å²) in [5.41, 5.74) is 0. The second-order valence-corrected chi connectivity index (χ2v) is 11.3. The average Bonchev–Trinajstić information content (AvgIpc) is 2.93. The quantitative estimate of drug-likeness (QED) is 0.0633. The lowest BCUT2D eigenvalue weighted by molar-refractivity contribution is -0.223. The number of likely N-dealkylation sites (N-methyl/N-ethyl adjacent to an activating group) is 1. The summed E-state index contributed by atoms with van der Waals surface area (Å²) in [6, 6.07) is 0. The molecular formula is C32H67NO6. The molecule has 0 bridgehead atoms. The predicted molar refractivity (Wildman–Crippen MR) is 163 cm³/mol. The van der Waals surface area contributed by atoms with Gasteiger partial charge in [0, 0.05) is 40.6 Å². The summed E-state index contributed by atoms with van der Waals surface area (Å²) in [6.45, 7) is 9.64. The molecule has 0 radical (unpaired) electrons. The van der Waals surface area contributed by atoms with Gasteiger partial charge >= 0.3 is 0 Å². The number of rotatable bonds is 32. The zero-order valence-corrected chi connectivity index (χ0v) is 26.9. The summed E-state index contributed by atoms with van der Waals surface area (Å²) in [4.78, 5) is 2.12. The normalized spacial score (nSPS) is 13.0. The Hall–Kier alpha value is -0.280. The van der Waals surface area contributed by atoms with E-state index < -0.39 is 5.79 Å². The SMILES string of the molecule is CCCCCCCCCCCCCCCC(CCOCC(C)(OC)OC)OCCCOCCOCCN(C)C. The van der Waals surface area contributed by atoms with Crippen molar-refractivity contribution in [1.29, 1.82) is 0 Å². The molecule has 0 saturated carbocycles. The molecule has 7 nitrogen and oxygen atoms in total. The Bertz CT molecular complexity index is 476. The maximum absolute atomic E-state index is 6.25. The number of unbranched alkanes of at least 4 members (excludes halogenated alkanes) is 12. The molecule has 0 saturated heterocycles. The van der Waals surface area contributed by atoms with Gasteiger partial charge < -0.3 is 33.3 Å². The molecule has 0 aliphatic heterocycles. The molecule has 0 rings (SSSR count). The summed E-state index contributed by atoms with van der Waals surface area (Å²) in [7, 11) is 7.39. The average molecular weight is 562 g/mol. The highest BCUT2D eigenvalue weighted by Gasteiger charge is 2.23. The molecule has 1 atom stereocenters. The largest absolute Gasteiger partial charge is 0.379 e. The zero-order chi connectivity index (χ0) is 28.9.